The van der Waals surface area contributed by atoms with Crippen LogP contribution in [-0.4, -0.2) is 79.4 Å². The molecule has 0 saturated carbocycles. The minimum absolute atomic E-state index is 0.150. The molecule has 4 atom stereocenters. The van der Waals surface area contributed by atoms with Crippen LogP contribution in [0.3, 0.4) is 0 Å². The second kappa shape index (κ2) is 8.54. The van der Waals surface area contributed by atoms with Crippen molar-refractivity contribution in [2.45, 2.75) is 23.5 Å². The Labute approximate surface area is 173 Å². The summed E-state index contributed by atoms with van der Waals surface area (Å²) in [6.07, 6.45) is 1.77. The maximum absolute atomic E-state index is 15.5. The van der Waals surface area contributed by atoms with Crippen molar-refractivity contribution in [3.63, 3.8) is 0 Å². The van der Waals surface area contributed by atoms with E-state index < -0.39 is 18.7 Å². The quantitative estimate of drug-likeness (QED) is 0.315. The van der Waals surface area contributed by atoms with Crippen molar-refractivity contribution in [3.05, 3.63) is 43.0 Å². The van der Waals surface area contributed by atoms with Crippen LogP contribution in [0, 0.1) is 0 Å². The van der Waals surface area contributed by atoms with Gasteiger partial charge < -0.3 is 0 Å². The number of aromatic nitrogens is 4. The van der Waals surface area contributed by atoms with Gasteiger partial charge >= 0.3 is 174 Å². The number of halogens is 1. The first-order valence-corrected chi connectivity index (χ1v) is 10.8. The Morgan fingerprint density at radius 2 is 2.03 bits per heavy atom. The Hall–Kier alpha value is -2.39. The van der Waals surface area contributed by atoms with Crippen LogP contribution in [0.15, 0.2) is 48.0 Å². The van der Waals surface area contributed by atoms with Gasteiger partial charge in [-0.25, -0.2) is 0 Å². The predicted octanol–water partition coefficient (Wildman–Crippen LogP) is 1.71. The average Bonchev–Trinajstić information content (AvgIpc) is 3.29. The van der Waals surface area contributed by atoms with Crippen LogP contribution >= 0.6 is 0 Å². The molecular formula is C19H21FN6O2Se. The van der Waals surface area contributed by atoms with Gasteiger partial charge in [0.25, 0.3) is 0 Å². The SMILES string of the molecule is CO[C@H]1O[C@@H](n2cnc3c(N=CN(C)C)ncnc32)[C@@H](F)[C@H]1[Se]c1ccccc1. The topological polar surface area (TPSA) is 77.7 Å². The van der Waals surface area contributed by atoms with Crippen molar-refractivity contribution in [1.29, 1.82) is 0 Å². The number of alkyl halides is 1. The number of fused-ring (bicyclic) bond motifs is 1. The third-order valence-corrected chi connectivity index (χ3v) is 7.13. The first-order chi connectivity index (χ1) is 14.1. The molecule has 1 aliphatic rings. The summed E-state index contributed by atoms with van der Waals surface area (Å²) in [5.74, 6) is 0.421. The fourth-order valence-corrected chi connectivity index (χ4v) is 5.55. The van der Waals surface area contributed by atoms with E-state index >= 15 is 4.39 Å². The van der Waals surface area contributed by atoms with Gasteiger partial charge in [0.15, 0.2) is 0 Å². The number of nitrogens with zero attached hydrogens (tertiary/aromatic N) is 6. The Bertz CT molecular complexity index is 999. The molecule has 0 unspecified atom stereocenters. The summed E-state index contributed by atoms with van der Waals surface area (Å²) in [4.78, 5) is 18.5. The van der Waals surface area contributed by atoms with Gasteiger partial charge in [0, 0.05) is 0 Å². The van der Waals surface area contributed by atoms with Crippen molar-refractivity contribution in [3.8, 4) is 0 Å². The summed E-state index contributed by atoms with van der Waals surface area (Å²) in [7, 11) is 5.26. The Kier molecular flexibility index (Phi) is 5.86. The molecule has 2 aromatic heterocycles. The van der Waals surface area contributed by atoms with Gasteiger partial charge in [-0.2, -0.15) is 0 Å². The molecule has 1 aliphatic heterocycles. The zero-order chi connectivity index (χ0) is 20.4. The van der Waals surface area contributed by atoms with Crippen LogP contribution in [-0.2, 0) is 9.47 Å². The molecule has 0 N–H and O–H groups in total. The van der Waals surface area contributed by atoms with Gasteiger partial charge in [0.2, 0.25) is 0 Å². The van der Waals surface area contributed by atoms with E-state index in [0.29, 0.717) is 17.0 Å². The predicted molar refractivity (Wildman–Crippen MR) is 109 cm³/mol. The number of hydrogen-bond donors (Lipinski definition) is 0. The molecular weight excluding hydrogens is 442 g/mol. The fourth-order valence-electron chi connectivity index (χ4n) is 3.08. The van der Waals surface area contributed by atoms with Crippen LogP contribution < -0.4 is 4.46 Å². The van der Waals surface area contributed by atoms with Crippen molar-refractivity contribution >= 4 is 42.7 Å². The molecule has 0 bridgehead atoms. The third kappa shape index (κ3) is 4.02. The van der Waals surface area contributed by atoms with Gasteiger partial charge in [0.05, 0.1) is 0 Å². The summed E-state index contributed by atoms with van der Waals surface area (Å²) < 4.78 is 29.6. The summed E-state index contributed by atoms with van der Waals surface area (Å²) in [6.45, 7) is 0. The monoisotopic (exact) mass is 464 g/mol. The van der Waals surface area contributed by atoms with Gasteiger partial charge in [-0.1, -0.05) is 0 Å². The first kappa shape index (κ1) is 19.9. The number of imidazole rings is 1. The van der Waals surface area contributed by atoms with Crippen LogP contribution in [0.25, 0.3) is 11.2 Å². The molecule has 0 radical (unpaired) electrons. The molecule has 0 aliphatic carbocycles. The van der Waals surface area contributed by atoms with Gasteiger partial charge in [-0.05, 0) is 0 Å². The zero-order valence-electron chi connectivity index (χ0n) is 16.2. The molecule has 3 aromatic rings. The van der Waals surface area contributed by atoms with Crippen LogP contribution in [0.1, 0.15) is 6.23 Å². The fraction of sp³-hybridized carbons (Fsp3) is 0.368. The van der Waals surface area contributed by atoms with Crippen LogP contribution in [0.5, 0.6) is 0 Å². The Morgan fingerprint density at radius 1 is 1.24 bits per heavy atom. The van der Waals surface area contributed by atoms with Crippen molar-refractivity contribution in [1.82, 2.24) is 24.4 Å². The van der Waals surface area contributed by atoms with E-state index in [0.717, 1.165) is 4.46 Å². The molecule has 0 spiro atoms. The summed E-state index contributed by atoms with van der Waals surface area (Å²) in [5.41, 5.74) is 0.966. The molecule has 0 amide bonds. The van der Waals surface area contributed by atoms with E-state index in [1.807, 2.05) is 44.4 Å². The molecule has 10 heteroatoms. The molecule has 4 rings (SSSR count). The van der Waals surface area contributed by atoms with E-state index in [9.17, 15) is 0 Å². The molecule has 1 fully saturated rings. The van der Waals surface area contributed by atoms with Gasteiger partial charge in [-0.3, -0.25) is 0 Å². The normalized spacial score (nSPS) is 24.6. The van der Waals surface area contributed by atoms with E-state index in [-0.39, 0.29) is 19.8 Å². The van der Waals surface area contributed by atoms with Crippen LogP contribution in [0.4, 0.5) is 10.2 Å². The molecule has 152 valence electrons. The molecule has 8 nitrogen and oxygen atoms in total. The molecule has 3 heterocycles. The maximum atomic E-state index is 15.5. The van der Waals surface area contributed by atoms with Crippen molar-refractivity contribution in [2.24, 2.45) is 4.99 Å². The minimum atomic E-state index is -1.26. The van der Waals surface area contributed by atoms with E-state index in [1.54, 1.807) is 15.8 Å². The van der Waals surface area contributed by atoms with E-state index in [1.165, 1.54) is 19.8 Å². The van der Waals surface area contributed by atoms with Crippen molar-refractivity contribution < 1.29 is 13.9 Å². The second-order valence-corrected chi connectivity index (χ2v) is 9.33. The Balaban J connectivity index is 1.64. The number of aliphatic imine (C=N–C) groups is 1. The summed E-state index contributed by atoms with van der Waals surface area (Å²) >= 11 is -0.150. The third-order valence-electron chi connectivity index (χ3n) is 4.40. The summed E-state index contributed by atoms with van der Waals surface area (Å²) in [5, 5.41) is 0. The van der Waals surface area contributed by atoms with Crippen LogP contribution in [0.2, 0.25) is 4.82 Å². The van der Waals surface area contributed by atoms with Gasteiger partial charge in [0.1, 0.15) is 0 Å². The first-order valence-electron chi connectivity index (χ1n) is 9.00. The number of ether oxygens (including phenoxy) is 2. The van der Waals surface area contributed by atoms with E-state index in [4.69, 9.17) is 9.47 Å². The Morgan fingerprint density at radius 3 is 2.76 bits per heavy atom. The second-order valence-electron chi connectivity index (χ2n) is 6.70. The average molecular weight is 463 g/mol. The summed E-state index contributed by atoms with van der Waals surface area (Å²) in [6, 6.07) is 9.86. The number of methoxy groups -OCH3 is 1. The van der Waals surface area contributed by atoms with Crippen molar-refractivity contribution in [2.75, 3.05) is 21.2 Å². The number of benzene rings is 1. The van der Waals surface area contributed by atoms with E-state index in [2.05, 4.69) is 19.9 Å². The molecule has 1 aromatic carbocycles. The zero-order valence-corrected chi connectivity index (χ0v) is 17.9. The molecule has 29 heavy (non-hydrogen) atoms. The molecule has 1 saturated heterocycles. The number of hydrogen-bond acceptors (Lipinski definition) is 6. The van der Waals surface area contributed by atoms with Gasteiger partial charge in [-0.15, -0.1) is 0 Å². The number of rotatable bonds is 6. The standard InChI is InChI=1S/C19H21FN6O2Se/c1-25(2)10-24-16-14-17(22-9-21-16)26(11-23-14)18-13(20)15(19(27-3)28-18)29-12-7-5-4-6-8-12/h4-11,13,15,18-19H,1-3H3/t13-,15+,18+,19-/m0/s1.